The van der Waals surface area contributed by atoms with Crippen molar-refractivity contribution in [3.05, 3.63) is 70.0 Å². The number of benzene rings is 2. The number of aromatic hydroxyl groups is 1. The minimum Gasteiger partial charge on any atom is -0.506 e. The van der Waals surface area contributed by atoms with E-state index in [1.165, 1.54) is 17.7 Å². The van der Waals surface area contributed by atoms with Crippen molar-refractivity contribution in [3.8, 4) is 5.75 Å². The van der Waals surface area contributed by atoms with Crippen LogP contribution in [-0.2, 0) is 11.2 Å². The number of rotatable bonds is 11. The van der Waals surface area contributed by atoms with Gasteiger partial charge < -0.3 is 25.8 Å². The van der Waals surface area contributed by atoms with E-state index in [2.05, 4.69) is 22.5 Å². The highest BCUT2D eigenvalue weighted by Crippen LogP contribution is 2.28. The van der Waals surface area contributed by atoms with Crippen LogP contribution in [0.5, 0.6) is 5.75 Å². The fraction of sp³-hybridized carbons (Fsp3) is 0.360. The number of anilines is 1. The maximum atomic E-state index is 11.8. The summed E-state index contributed by atoms with van der Waals surface area (Å²) in [6, 6.07) is 13.9. The number of hydrogen-bond acceptors (Lipinski definition) is 5. The summed E-state index contributed by atoms with van der Waals surface area (Å²) in [5.74, 6) is 0.0489. The zero-order chi connectivity index (χ0) is 22.9. The normalized spacial score (nSPS) is 11.7. The van der Waals surface area contributed by atoms with Crippen LogP contribution >= 0.6 is 12.4 Å². The Morgan fingerprint density at radius 1 is 1.06 bits per heavy atom. The predicted octanol–water partition coefficient (Wildman–Crippen LogP) is 4.04. The van der Waals surface area contributed by atoms with E-state index in [0.717, 1.165) is 36.9 Å². The number of carbonyl (C=O) groups is 1. The van der Waals surface area contributed by atoms with Crippen molar-refractivity contribution in [3.63, 3.8) is 0 Å². The van der Waals surface area contributed by atoms with Gasteiger partial charge in [-0.1, -0.05) is 31.5 Å². The first-order valence-electron chi connectivity index (χ1n) is 11.1. The van der Waals surface area contributed by atoms with E-state index in [1.807, 2.05) is 24.3 Å². The van der Waals surface area contributed by atoms with Crippen LogP contribution in [0.15, 0.2) is 53.3 Å². The summed E-state index contributed by atoms with van der Waals surface area (Å²) in [6.07, 6.45) is 4.16. The molecule has 0 aliphatic heterocycles. The Kier molecular flexibility index (Phi) is 10.4. The largest absolute Gasteiger partial charge is 0.506 e. The van der Waals surface area contributed by atoms with Crippen molar-refractivity contribution >= 4 is 34.9 Å². The van der Waals surface area contributed by atoms with Gasteiger partial charge >= 0.3 is 0 Å². The average molecular weight is 474 g/mol. The topological polar surface area (TPSA) is 114 Å². The maximum absolute atomic E-state index is 11.8. The molecule has 33 heavy (non-hydrogen) atoms. The zero-order valence-electron chi connectivity index (χ0n) is 18.8. The second-order valence-electron chi connectivity index (χ2n) is 7.93. The molecule has 0 saturated carbocycles. The zero-order valence-corrected chi connectivity index (χ0v) is 19.6. The van der Waals surface area contributed by atoms with E-state index in [0.29, 0.717) is 23.9 Å². The third-order valence-corrected chi connectivity index (χ3v) is 5.49. The summed E-state index contributed by atoms with van der Waals surface area (Å²) >= 11 is 0. The fourth-order valence-corrected chi connectivity index (χ4v) is 3.72. The molecule has 0 aliphatic carbocycles. The third kappa shape index (κ3) is 7.32. The highest BCUT2D eigenvalue weighted by molar-refractivity contribution is 5.90. The number of fused-ring (bicyclic) bond motifs is 1. The number of aryl methyl sites for hydroxylation is 1. The van der Waals surface area contributed by atoms with Gasteiger partial charge in [0.25, 0.3) is 0 Å². The smallest absolute Gasteiger partial charge is 0.248 e. The molecule has 0 spiro atoms. The first-order chi connectivity index (χ1) is 15.5. The summed E-state index contributed by atoms with van der Waals surface area (Å²) < 4.78 is 0. The van der Waals surface area contributed by atoms with E-state index >= 15 is 0 Å². The van der Waals surface area contributed by atoms with E-state index in [-0.39, 0.29) is 42.3 Å². The molecular weight excluding hydrogens is 442 g/mol. The number of aromatic amines is 1. The van der Waals surface area contributed by atoms with Crippen LogP contribution in [0.3, 0.4) is 0 Å². The maximum Gasteiger partial charge on any atom is 0.248 e. The van der Waals surface area contributed by atoms with Crippen molar-refractivity contribution in [2.75, 3.05) is 18.5 Å². The number of phenolic OH excluding ortho intramolecular Hbond substituents is 1. The standard InChI is InChI=1S/C25H31N3O4.ClH/c1-2-3-6-23(31)27-18-9-7-17(8-10-18)5-4-15-26-21(16-29)19-11-13-22(30)25-20(19)12-14-24(32)28-25;/h7-14,21,26,29-30H,2-6,15-16H2,1H3,(H,27,31)(H,28,32);1H. The Hall–Kier alpha value is -2.87. The number of nitrogens with one attached hydrogen (secondary N) is 3. The van der Waals surface area contributed by atoms with Gasteiger partial charge in [-0.25, -0.2) is 0 Å². The van der Waals surface area contributed by atoms with Crippen LogP contribution in [-0.4, -0.2) is 34.3 Å². The minimum atomic E-state index is -0.315. The molecule has 5 N–H and O–H groups in total. The van der Waals surface area contributed by atoms with Gasteiger partial charge in [0.1, 0.15) is 5.75 Å². The average Bonchev–Trinajstić information content (AvgIpc) is 2.80. The number of aliphatic hydroxyl groups is 1. The van der Waals surface area contributed by atoms with E-state index in [9.17, 15) is 19.8 Å². The SMILES string of the molecule is CCCCC(=O)Nc1ccc(CCCNC(CO)c2ccc(O)c3[nH]c(=O)ccc23)cc1.Cl. The molecule has 1 aromatic heterocycles. The molecule has 7 nitrogen and oxygen atoms in total. The molecule has 0 fully saturated rings. The Morgan fingerprint density at radius 3 is 2.52 bits per heavy atom. The second kappa shape index (κ2) is 13.0. The van der Waals surface area contributed by atoms with Gasteiger partial charge in [0.05, 0.1) is 18.2 Å². The second-order valence-corrected chi connectivity index (χ2v) is 7.93. The number of pyridine rings is 1. The summed E-state index contributed by atoms with van der Waals surface area (Å²) in [4.78, 5) is 26.1. The summed E-state index contributed by atoms with van der Waals surface area (Å²) in [6.45, 7) is 2.65. The third-order valence-electron chi connectivity index (χ3n) is 5.49. The van der Waals surface area contributed by atoms with Crippen LogP contribution in [0.2, 0.25) is 0 Å². The van der Waals surface area contributed by atoms with Gasteiger partial charge in [-0.15, -0.1) is 12.4 Å². The lowest BCUT2D eigenvalue weighted by molar-refractivity contribution is -0.116. The Balaban J connectivity index is 0.00000385. The Morgan fingerprint density at radius 2 is 1.82 bits per heavy atom. The molecule has 0 saturated heterocycles. The number of aromatic nitrogens is 1. The minimum absolute atomic E-state index is 0. The molecule has 3 aromatic rings. The van der Waals surface area contributed by atoms with Crippen molar-refractivity contribution in [1.29, 1.82) is 0 Å². The highest BCUT2D eigenvalue weighted by atomic mass is 35.5. The molecule has 1 unspecified atom stereocenters. The van der Waals surface area contributed by atoms with Gasteiger partial charge in [-0.05, 0) is 61.2 Å². The van der Waals surface area contributed by atoms with Crippen LogP contribution in [0.4, 0.5) is 5.69 Å². The van der Waals surface area contributed by atoms with Crippen molar-refractivity contribution in [2.45, 2.75) is 45.1 Å². The summed E-state index contributed by atoms with van der Waals surface area (Å²) in [5.41, 5.74) is 2.89. The lowest BCUT2D eigenvalue weighted by Gasteiger charge is -2.19. The number of amides is 1. The number of H-pyrrole nitrogens is 1. The molecule has 2 aromatic carbocycles. The van der Waals surface area contributed by atoms with Gasteiger partial charge in [0.2, 0.25) is 11.5 Å². The molecule has 0 aliphatic rings. The van der Waals surface area contributed by atoms with E-state index < -0.39 is 0 Å². The molecule has 8 heteroatoms. The number of phenols is 1. The lowest BCUT2D eigenvalue weighted by atomic mass is 10.0. The fourth-order valence-electron chi connectivity index (χ4n) is 3.72. The molecule has 1 heterocycles. The van der Waals surface area contributed by atoms with Crippen LogP contribution in [0.25, 0.3) is 10.9 Å². The van der Waals surface area contributed by atoms with Gasteiger partial charge in [0, 0.05) is 23.6 Å². The predicted molar refractivity (Wildman–Crippen MR) is 134 cm³/mol. The number of halogens is 1. The monoisotopic (exact) mass is 473 g/mol. The molecular formula is C25H32ClN3O4. The molecule has 0 radical (unpaired) electrons. The van der Waals surface area contributed by atoms with E-state index in [1.54, 1.807) is 12.1 Å². The molecule has 3 rings (SSSR count). The Bertz CT molecular complexity index is 1100. The van der Waals surface area contributed by atoms with Crippen LogP contribution in [0.1, 0.15) is 49.8 Å². The quantitative estimate of drug-likeness (QED) is 0.270. The number of carbonyl (C=O) groups excluding carboxylic acids is 1. The van der Waals surface area contributed by atoms with Crippen molar-refractivity contribution < 1.29 is 15.0 Å². The molecule has 0 bridgehead atoms. The molecule has 178 valence electrons. The van der Waals surface area contributed by atoms with Gasteiger partial charge in [-0.3, -0.25) is 9.59 Å². The lowest BCUT2D eigenvalue weighted by Crippen LogP contribution is -2.26. The highest BCUT2D eigenvalue weighted by Gasteiger charge is 2.15. The number of aliphatic hydroxyl groups excluding tert-OH is 1. The summed E-state index contributed by atoms with van der Waals surface area (Å²) in [5, 5.41) is 26.9. The van der Waals surface area contributed by atoms with Gasteiger partial charge in [0.15, 0.2) is 0 Å². The van der Waals surface area contributed by atoms with Crippen LogP contribution in [0, 0.1) is 0 Å². The van der Waals surface area contributed by atoms with Gasteiger partial charge in [-0.2, -0.15) is 0 Å². The number of hydrogen-bond donors (Lipinski definition) is 5. The van der Waals surface area contributed by atoms with Crippen molar-refractivity contribution in [1.82, 2.24) is 10.3 Å². The van der Waals surface area contributed by atoms with Crippen LogP contribution < -0.4 is 16.2 Å². The first kappa shape index (κ1) is 26.4. The number of unbranched alkanes of at least 4 members (excludes halogenated alkanes) is 1. The summed E-state index contributed by atoms with van der Waals surface area (Å²) in [7, 11) is 0. The van der Waals surface area contributed by atoms with Crippen molar-refractivity contribution in [2.24, 2.45) is 0 Å². The first-order valence-corrected chi connectivity index (χ1v) is 11.1. The molecule has 1 atom stereocenters. The molecule has 1 amide bonds. The Labute approximate surface area is 199 Å². The van der Waals surface area contributed by atoms with E-state index in [4.69, 9.17) is 0 Å².